The molecule has 0 saturated heterocycles. The number of halogens is 1. The highest BCUT2D eigenvalue weighted by atomic mass is 35.5. The third kappa shape index (κ3) is 5.75. The predicted molar refractivity (Wildman–Crippen MR) is 120 cm³/mol. The van der Waals surface area contributed by atoms with Crippen LogP contribution in [0.3, 0.4) is 0 Å². The zero-order valence-electron chi connectivity index (χ0n) is 16.5. The molecule has 3 aromatic carbocycles. The van der Waals surface area contributed by atoms with Crippen molar-refractivity contribution in [3.8, 4) is 11.5 Å². The maximum atomic E-state index is 12.5. The Labute approximate surface area is 181 Å². The molecule has 0 unspecified atom stereocenters. The Hall–Kier alpha value is -3.03. The molecule has 0 fully saturated rings. The molecule has 156 valence electrons. The second kappa shape index (κ2) is 9.19. The van der Waals surface area contributed by atoms with Crippen LogP contribution in [-0.2, 0) is 14.8 Å². The van der Waals surface area contributed by atoms with Gasteiger partial charge in [0.2, 0.25) is 15.9 Å². The lowest BCUT2D eigenvalue weighted by Crippen LogP contribution is -2.37. The van der Waals surface area contributed by atoms with Gasteiger partial charge in [-0.2, -0.15) is 0 Å². The summed E-state index contributed by atoms with van der Waals surface area (Å²) in [5.74, 6) is 0.845. The number of benzene rings is 3. The van der Waals surface area contributed by atoms with E-state index in [9.17, 15) is 13.2 Å². The molecule has 0 aliphatic rings. The fraction of sp³-hybridized carbons (Fsp3) is 0.136. The standard InChI is InChI=1S/C22H21ClN2O4S/c1-16-8-9-17(23)14-21(16)25(30(2,27)28)15-22(26)24-18-10-12-20(13-11-18)29-19-6-4-3-5-7-19/h3-14H,15H2,1-2H3,(H,24,26). The third-order valence-corrected chi connectivity index (χ3v) is 5.61. The molecule has 30 heavy (non-hydrogen) atoms. The van der Waals surface area contributed by atoms with Crippen LogP contribution < -0.4 is 14.4 Å². The van der Waals surface area contributed by atoms with Crippen molar-refractivity contribution in [3.05, 3.63) is 83.4 Å². The molecule has 0 aromatic heterocycles. The van der Waals surface area contributed by atoms with Gasteiger partial charge in [-0.1, -0.05) is 35.9 Å². The van der Waals surface area contributed by atoms with E-state index in [1.807, 2.05) is 30.3 Å². The molecule has 0 spiro atoms. The van der Waals surface area contributed by atoms with Gasteiger partial charge in [-0.05, 0) is 61.0 Å². The van der Waals surface area contributed by atoms with Crippen LogP contribution >= 0.6 is 11.6 Å². The van der Waals surface area contributed by atoms with Crippen LogP contribution in [0.25, 0.3) is 0 Å². The summed E-state index contributed by atoms with van der Waals surface area (Å²) < 4.78 is 31.3. The lowest BCUT2D eigenvalue weighted by atomic mass is 10.2. The smallest absolute Gasteiger partial charge is 0.245 e. The number of rotatable bonds is 7. The zero-order chi connectivity index (χ0) is 21.7. The van der Waals surface area contributed by atoms with E-state index in [1.54, 1.807) is 43.3 Å². The summed E-state index contributed by atoms with van der Waals surface area (Å²) in [7, 11) is -3.69. The van der Waals surface area contributed by atoms with E-state index in [2.05, 4.69) is 5.32 Å². The molecule has 3 rings (SSSR count). The first-order chi connectivity index (χ1) is 14.2. The first-order valence-corrected chi connectivity index (χ1v) is 11.3. The summed E-state index contributed by atoms with van der Waals surface area (Å²) in [5, 5.41) is 3.09. The Kier molecular flexibility index (Phi) is 6.64. The van der Waals surface area contributed by atoms with Crippen LogP contribution in [0, 0.1) is 6.92 Å². The van der Waals surface area contributed by atoms with Crippen LogP contribution in [0.5, 0.6) is 11.5 Å². The Morgan fingerprint density at radius 2 is 1.63 bits per heavy atom. The first kappa shape index (κ1) is 21.7. The van der Waals surface area contributed by atoms with Gasteiger partial charge < -0.3 is 10.1 Å². The topological polar surface area (TPSA) is 75.7 Å². The molecular formula is C22H21ClN2O4S. The van der Waals surface area contributed by atoms with Gasteiger partial charge in [0.05, 0.1) is 11.9 Å². The number of carbonyl (C=O) groups excluding carboxylic acids is 1. The van der Waals surface area contributed by atoms with E-state index in [0.29, 0.717) is 33.5 Å². The van der Waals surface area contributed by atoms with Crippen molar-refractivity contribution in [2.45, 2.75) is 6.92 Å². The van der Waals surface area contributed by atoms with Gasteiger partial charge >= 0.3 is 0 Å². The fourth-order valence-corrected chi connectivity index (χ4v) is 3.87. The van der Waals surface area contributed by atoms with Crippen LogP contribution in [0.2, 0.25) is 5.02 Å². The van der Waals surface area contributed by atoms with E-state index >= 15 is 0 Å². The van der Waals surface area contributed by atoms with Crippen molar-refractivity contribution in [1.29, 1.82) is 0 Å². The summed E-state index contributed by atoms with van der Waals surface area (Å²) >= 11 is 6.02. The van der Waals surface area contributed by atoms with Gasteiger partial charge in [-0.25, -0.2) is 8.42 Å². The fourth-order valence-electron chi connectivity index (χ4n) is 2.79. The second-order valence-corrected chi connectivity index (χ2v) is 9.03. The number of nitrogens with zero attached hydrogens (tertiary/aromatic N) is 1. The van der Waals surface area contributed by atoms with E-state index < -0.39 is 15.9 Å². The Morgan fingerprint density at radius 1 is 1.00 bits per heavy atom. The van der Waals surface area contributed by atoms with Gasteiger partial charge in [-0.15, -0.1) is 0 Å². The summed E-state index contributed by atoms with van der Waals surface area (Å²) in [6.45, 7) is 1.38. The molecular weight excluding hydrogens is 424 g/mol. The molecule has 0 atom stereocenters. The average molecular weight is 445 g/mol. The lowest BCUT2D eigenvalue weighted by Gasteiger charge is -2.23. The molecule has 0 heterocycles. The average Bonchev–Trinajstić information content (AvgIpc) is 2.70. The molecule has 1 amide bonds. The number of para-hydroxylation sites is 1. The lowest BCUT2D eigenvalue weighted by molar-refractivity contribution is -0.114. The number of nitrogens with one attached hydrogen (secondary N) is 1. The number of carbonyl (C=O) groups is 1. The van der Waals surface area contributed by atoms with E-state index in [1.165, 1.54) is 6.07 Å². The molecule has 0 radical (unpaired) electrons. The van der Waals surface area contributed by atoms with Gasteiger partial charge in [0, 0.05) is 10.7 Å². The maximum absolute atomic E-state index is 12.5. The Morgan fingerprint density at radius 3 is 2.27 bits per heavy atom. The summed E-state index contributed by atoms with van der Waals surface area (Å²) in [6, 6.07) is 21.0. The normalized spacial score (nSPS) is 11.0. The zero-order valence-corrected chi connectivity index (χ0v) is 18.1. The van der Waals surface area contributed by atoms with Gasteiger partial charge in [-0.3, -0.25) is 9.10 Å². The highest BCUT2D eigenvalue weighted by Crippen LogP contribution is 2.27. The minimum Gasteiger partial charge on any atom is -0.457 e. The monoisotopic (exact) mass is 444 g/mol. The van der Waals surface area contributed by atoms with Crippen molar-refractivity contribution >= 4 is 38.9 Å². The van der Waals surface area contributed by atoms with E-state index in [-0.39, 0.29) is 6.54 Å². The largest absolute Gasteiger partial charge is 0.457 e. The summed E-state index contributed by atoms with van der Waals surface area (Å²) in [4.78, 5) is 12.5. The van der Waals surface area contributed by atoms with Crippen molar-refractivity contribution in [2.75, 3.05) is 22.4 Å². The molecule has 0 aliphatic carbocycles. The number of anilines is 2. The van der Waals surface area contributed by atoms with Crippen LogP contribution in [0.15, 0.2) is 72.8 Å². The summed E-state index contributed by atoms with van der Waals surface area (Å²) in [6.07, 6.45) is 1.05. The summed E-state index contributed by atoms with van der Waals surface area (Å²) in [5.41, 5.74) is 1.59. The number of aryl methyl sites for hydroxylation is 1. The Balaban J connectivity index is 1.70. The SMILES string of the molecule is Cc1ccc(Cl)cc1N(CC(=O)Nc1ccc(Oc2ccccc2)cc1)S(C)(=O)=O. The molecule has 0 bridgehead atoms. The van der Waals surface area contributed by atoms with E-state index in [0.717, 1.165) is 10.6 Å². The van der Waals surface area contributed by atoms with Crippen LogP contribution in [0.1, 0.15) is 5.56 Å². The highest BCUT2D eigenvalue weighted by molar-refractivity contribution is 7.92. The first-order valence-electron chi connectivity index (χ1n) is 9.09. The molecule has 0 aliphatic heterocycles. The quantitative estimate of drug-likeness (QED) is 0.565. The highest BCUT2D eigenvalue weighted by Gasteiger charge is 2.22. The van der Waals surface area contributed by atoms with Crippen LogP contribution in [0.4, 0.5) is 11.4 Å². The third-order valence-electron chi connectivity index (χ3n) is 4.24. The van der Waals surface area contributed by atoms with Crippen molar-refractivity contribution in [2.24, 2.45) is 0 Å². The second-order valence-electron chi connectivity index (χ2n) is 6.69. The molecule has 1 N–H and O–H groups in total. The number of amides is 1. The maximum Gasteiger partial charge on any atom is 0.245 e. The van der Waals surface area contributed by atoms with Gasteiger partial charge in [0.1, 0.15) is 18.0 Å². The predicted octanol–water partition coefficient (Wildman–Crippen LogP) is 4.85. The van der Waals surface area contributed by atoms with Crippen molar-refractivity contribution < 1.29 is 17.9 Å². The Bertz CT molecular complexity index is 1130. The molecule has 6 nitrogen and oxygen atoms in total. The minimum absolute atomic E-state index is 0.367. The number of sulfonamides is 1. The van der Waals surface area contributed by atoms with Crippen LogP contribution in [-0.4, -0.2) is 27.1 Å². The number of hydrogen-bond acceptors (Lipinski definition) is 4. The van der Waals surface area contributed by atoms with Crippen molar-refractivity contribution in [3.63, 3.8) is 0 Å². The van der Waals surface area contributed by atoms with Gasteiger partial charge in [0.25, 0.3) is 0 Å². The van der Waals surface area contributed by atoms with Crippen molar-refractivity contribution in [1.82, 2.24) is 0 Å². The molecule has 3 aromatic rings. The van der Waals surface area contributed by atoms with E-state index in [4.69, 9.17) is 16.3 Å². The number of ether oxygens (including phenoxy) is 1. The van der Waals surface area contributed by atoms with Gasteiger partial charge in [0.15, 0.2) is 0 Å². The minimum atomic E-state index is -3.69. The molecule has 0 saturated carbocycles. The molecule has 8 heteroatoms. The number of hydrogen-bond donors (Lipinski definition) is 1.